The van der Waals surface area contributed by atoms with Crippen molar-refractivity contribution in [3.63, 3.8) is 0 Å². The summed E-state index contributed by atoms with van der Waals surface area (Å²) in [5, 5.41) is 2.26. The molecule has 19 heavy (non-hydrogen) atoms. The number of hydroxylamine groups is 1. The third-order valence-corrected chi connectivity index (χ3v) is 2.69. The Bertz CT molecular complexity index is 593. The van der Waals surface area contributed by atoms with Gasteiger partial charge in [-0.1, -0.05) is 6.58 Å². The molecule has 2 amide bonds. The van der Waals surface area contributed by atoms with Gasteiger partial charge in [-0.25, -0.2) is 9.59 Å². The molecule has 0 atom stereocenters. The maximum atomic E-state index is 11.2. The molecule has 1 aromatic rings. The molecule has 0 bridgehead atoms. The van der Waals surface area contributed by atoms with Crippen molar-refractivity contribution >= 4 is 27.8 Å². The van der Waals surface area contributed by atoms with Gasteiger partial charge in [0.1, 0.15) is 0 Å². The Hall–Kier alpha value is -2.39. The summed E-state index contributed by atoms with van der Waals surface area (Å²) in [7, 11) is -4.28. The number of amides is 2. The molecule has 0 heterocycles. The third kappa shape index (κ3) is 4.77. The second kappa shape index (κ2) is 5.98. The van der Waals surface area contributed by atoms with Crippen LogP contribution in [0.2, 0.25) is 0 Å². The third-order valence-electron chi connectivity index (χ3n) is 1.82. The Balaban J connectivity index is 2.61. The van der Waals surface area contributed by atoms with Crippen molar-refractivity contribution in [2.75, 3.05) is 5.32 Å². The predicted molar refractivity (Wildman–Crippen MR) is 64.7 cm³/mol. The molecular weight excluding hydrogens is 276 g/mol. The topological polar surface area (TPSA) is 122 Å². The van der Waals surface area contributed by atoms with E-state index in [1.165, 1.54) is 12.1 Å². The Morgan fingerprint density at radius 1 is 1.26 bits per heavy atom. The second-order valence-electron chi connectivity index (χ2n) is 3.18. The van der Waals surface area contributed by atoms with Gasteiger partial charge in [-0.3, -0.25) is 4.55 Å². The lowest BCUT2D eigenvalue weighted by atomic mass is 10.3. The predicted octanol–water partition coefficient (Wildman–Crippen LogP) is 0.699. The van der Waals surface area contributed by atoms with Gasteiger partial charge in [0.05, 0.1) is 4.90 Å². The summed E-state index contributed by atoms with van der Waals surface area (Å²) < 4.78 is 30.3. The van der Waals surface area contributed by atoms with Crippen molar-refractivity contribution in [3.8, 4) is 0 Å². The van der Waals surface area contributed by atoms with E-state index >= 15 is 0 Å². The van der Waals surface area contributed by atoms with Crippen LogP contribution < -0.4 is 10.8 Å². The van der Waals surface area contributed by atoms with E-state index < -0.39 is 22.1 Å². The molecule has 0 aliphatic rings. The van der Waals surface area contributed by atoms with Crippen molar-refractivity contribution in [2.45, 2.75) is 4.90 Å². The van der Waals surface area contributed by atoms with E-state index in [4.69, 9.17) is 4.55 Å². The molecule has 0 spiro atoms. The Morgan fingerprint density at radius 2 is 1.84 bits per heavy atom. The van der Waals surface area contributed by atoms with Crippen molar-refractivity contribution in [2.24, 2.45) is 0 Å². The number of carbonyl (C=O) groups excluding carboxylic acids is 2. The minimum atomic E-state index is -4.28. The van der Waals surface area contributed by atoms with Crippen LogP contribution in [0.1, 0.15) is 0 Å². The molecule has 0 radical (unpaired) electrons. The largest absolute Gasteiger partial charge is 0.355 e. The minimum Gasteiger partial charge on any atom is -0.335 e. The Labute approximate surface area is 108 Å². The molecule has 0 aliphatic carbocycles. The van der Waals surface area contributed by atoms with Crippen LogP contribution in [0.15, 0.2) is 41.8 Å². The molecule has 9 heteroatoms. The standard InChI is InChI=1S/C10H10N2O6S/c1-2-9(13)18-12-10(14)11-7-3-5-8(6-4-7)19(15,16)17/h2-6H,1H2,(H2,11,12,14)(H,15,16,17). The fourth-order valence-corrected chi connectivity index (χ4v) is 1.49. The lowest BCUT2D eigenvalue weighted by Crippen LogP contribution is -2.30. The summed E-state index contributed by atoms with van der Waals surface area (Å²) in [6.07, 6.45) is 0.862. The van der Waals surface area contributed by atoms with Crippen molar-refractivity contribution in [1.82, 2.24) is 5.48 Å². The fourth-order valence-electron chi connectivity index (χ4n) is 1.01. The number of hydrogen-bond donors (Lipinski definition) is 3. The number of benzene rings is 1. The normalized spacial score (nSPS) is 10.4. The molecule has 0 aromatic heterocycles. The van der Waals surface area contributed by atoms with Crippen LogP contribution in [0.5, 0.6) is 0 Å². The van der Waals surface area contributed by atoms with Crippen molar-refractivity contribution < 1.29 is 27.4 Å². The number of anilines is 1. The molecule has 0 saturated heterocycles. The highest BCUT2D eigenvalue weighted by molar-refractivity contribution is 7.85. The lowest BCUT2D eigenvalue weighted by Gasteiger charge is -2.06. The van der Waals surface area contributed by atoms with Gasteiger partial charge in [-0.15, -0.1) is 0 Å². The molecule has 3 N–H and O–H groups in total. The number of carbonyl (C=O) groups is 2. The maximum Gasteiger partial charge on any atom is 0.355 e. The first kappa shape index (κ1) is 14.7. The minimum absolute atomic E-state index is 0.236. The molecular formula is C10H10N2O6S. The molecule has 0 fully saturated rings. The van der Waals surface area contributed by atoms with Gasteiger partial charge in [-0.05, 0) is 24.3 Å². The molecule has 102 valence electrons. The summed E-state index contributed by atoms with van der Waals surface area (Å²) >= 11 is 0. The van der Waals surface area contributed by atoms with Crippen LogP contribution in [0.4, 0.5) is 10.5 Å². The van der Waals surface area contributed by atoms with Crippen LogP contribution >= 0.6 is 0 Å². The highest BCUT2D eigenvalue weighted by atomic mass is 32.2. The van der Waals surface area contributed by atoms with Gasteiger partial charge >= 0.3 is 12.0 Å². The van der Waals surface area contributed by atoms with Crippen LogP contribution in [0, 0.1) is 0 Å². The van der Waals surface area contributed by atoms with E-state index in [0.717, 1.165) is 18.2 Å². The fraction of sp³-hybridized carbons (Fsp3) is 0. The van der Waals surface area contributed by atoms with E-state index in [1.54, 1.807) is 5.48 Å². The van der Waals surface area contributed by atoms with Gasteiger partial charge in [0.15, 0.2) is 0 Å². The van der Waals surface area contributed by atoms with Crippen LogP contribution in [0.25, 0.3) is 0 Å². The molecule has 1 aromatic carbocycles. The maximum absolute atomic E-state index is 11.2. The van der Waals surface area contributed by atoms with Gasteiger partial charge in [0, 0.05) is 11.8 Å². The number of nitrogens with one attached hydrogen (secondary N) is 2. The molecule has 8 nitrogen and oxygen atoms in total. The Morgan fingerprint density at radius 3 is 2.32 bits per heavy atom. The molecule has 0 aliphatic heterocycles. The van der Waals surface area contributed by atoms with E-state index in [1.807, 2.05) is 0 Å². The summed E-state index contributed by atoms with van der Waals surface area (Å²) in [5.74, 6) is -0.836. The van der Waals surface area contributed by atoms with Crippen LogP contribution in [-0.2, 0) is 19.8 Å². The van der Waals surface area contributed by atoms with Gasteiger partial charge in [-0.2, -0.15) is 13.9 Å². The number of rotatable bonds is 3. The molecule has 0 unspecified atom stereocenters. The van der Waals surface area contributed by atoms with Crippen molar-refractivity contribution in [1.29, 1.82) is 0 Å². The van der Waals surface area contributed by atoms with Crippen LogP contribution in [-0.4, -0.2) is 25.0 Å². The van der Waals surface area contributed by atoms with Gasteiger partial charge < -0.3 is 10.2 Å². The van der Waals surface area contributed by atoms with Crippen molar-refractivity contribution in [3.05, 3.63) is 36.9 Å². The van der Waals surface area contributed by atoms with E-state index in [2.05, 4.69) is 16.7 Å². The average Bonchev–Trinajstić information content (AvgIpc) is 2.35. The van der Waals surface area contributed by atoms with E-state index in [0.29, 0.717) is 0 Å². The van der Waals surface area contributed by atoms with Gasteiger partial charge in [0.2, 0.25) is 0 Å². The monoisotopic (exact) mass is 286 g/mol. The first-order chi connectivity index (χ1) is 8.82. The summed E-state index contributed by atoms with van der Waals surface area (Å²) in [6, 6.07) is 3.85. The zero-order valence-corrected chi connectivity index (χ0v) is 10.3. The number of urea groups is 1. The highest BCUT2D eigenvalue weighted by Gasteiger charge is 2.09. The smallest absolute Gasteiger partial charge is 0.335 e. The number of hydrogen-bond acceptors (Lipinski definition) is 5. The quantitative estimate of drug-likeness (QED) is 0.427. The Kier molecular flexibility index (Phi) is 4.62. The summed E-state index contributed by atoms with van der Waals surface area (Å²) in [4.78, 5) is 25.8. The van der Waals surface area contributed by atoms with E-state index in [9.17, 15) is 18.0 Å². The SMILES string of the molecule is C=CC(=O)ONC(=O)Nc1ccc(S(=O)(=O)O)cc1. The zero-order chi connectivity index (χ0) is 14.5. The second-order valence-corrected chi connectivity index (χ2v) is 4.60. The molecule has 0 saturated carbocycles. The summed E-state index contributed by atoms with van der Waals surface area (Å²) in [6.45, 7) is 3.13. The highest BCUT2D eigenvalue weighted by Crippen LogP contribution is 2.13. The van der Waals surface area contributed by atoms with Crippen LogP contribution in [0.3, 0.4) is 0 Å². The lowest BCUT2D eigenvalue weighted by molar-refractivity contribution is -0.142. The van der Waals surface area contributed by atoms with Gasteiger partial charge in [0.25, 0.3) is 10.1 Å². The molecule has 1 rings (SSSR count). The average molecular weight is 286 g/mol. The summed E-state index contributed by atoms with van der Waals surface area (Å²) in [5.41, 5.74) is 2.02. The first-order valence-electron chi connectivity index (χ1n) is 4.80. The van der Waals surface area contributed by atoms with E-state index in [-0.39, 0.29) is 10.6 Å². The first-order valence-corrected chi connectivity index (χ1v) is 6.24. The zero-order valence-electron chi connectivity index (χ0n) is 9.49.